The maximum Gasteiger partial charge on any atom is 0.210 e. The van der Waals surface area contributed by atoms with Gasteiger partial charge in [-0.05, 0) is 42.1 Å². The quantitative estimate of drug-likeness (QED) is 0.784. The number of nitrogens with zero attached hydrogens (tertiary/aromatic N) is 4. The van der Waals surface area contributed by atoms with Crippen LogP contribution in [0.2, 0.25) is 0 Å². The summed E-state index contributed by atoms with van der Waals surface area (Å²) >= 11 is 2.65. The van der Waals surface area contributed by atoms with Crippen LogP contribution in [0.5, 0.6) is 0 Å². The van der Waals surface area contributed by atoms with E-state index in [0.29, 0.717) is 25.9 Å². The van der Waals surface area contributed by atoms with Crippen LogP contribution in [0.3, 0.4) is 0 Å². The van der Waals surface area contributed by atoms with Crippen molar-refractivity contribution in [2.75, 3.05) is 5.32 Å². The number of anilines is 2. The van der Waals surface area contributed by atoms with E-state index in [1.165, 1.54) is 35.2 Å². The summed E-state index contributed by atoms with van der Waals surface area (Å²) in [5.74, 6) is -0.318. The highest BCUT2D eigenvalue weighted by molar-refractivity contribution is 8.01. The second kappa shape index (κ2) is 6.51. The lowest BCUT2D eigenvalue weighted by molar-refractivity contribution is 0.628. The average Bonchev–Trinajstić information content (AvgIpc) is 2.94. The first-order valence-corrected chi connectivity index (χ1v) is 7.77. The average molecular weight is 329 g/mol. The van der Waals surface area contributed by atoms with Crippen LogP contribution in [0.1, 0.15) is 5.69 Å². The summed E-state index contributed by atoms with van der Waals surface area (Å²) in [5, 5.41) is 21.1. The molecule has 2 heterocycles. The first-order chi connectivity index (χ1) is 10.7. The first kappa shape index (κ1) is 14.4. The van der Waals surface area contributed by atoms with Gasteiger partial charge in [-0.2, -0.15) is 5.26 Å². The number of hydrogen-bond acceptors (Lipinski definition) is 7. The number of halogens is 1. The van der Waals surface area contributed by atoms with Crippen LogP contribution < -0.4 is 5.32 Å². The zero-order chi connectivity index (χ0) is 15.4. The van der Waals surface area contributed by atoms with Gasteiger partial charge in [-0.1, -0.05) is 23.5 Å². The van der Waals surface area contributed by atoms with Crippen LogP contribution in [-0.4, -0.2) is 15.2 Å². The number of aromatic nitrogens is 3. The van der Waals surface area contributed by atoms with E-state index in [1.807, 2.05) is 6.07 Å². The van der Waals surface area contributed by atoms with E-state index in [1.54, 1.807) is 30.3 Å². The predicted octanol–water partition coefficient (Wildman–Crippen LogP) is 3.84. The number of nitrogens with one attached hydrogen (secondary N) is 1. The van der Waals surface area contributed by atoms with Crippen molar-refractivity contribution >= 4 is 33.9 Å². The van der Waals surface area contributed by atoms with Gasteiger partial charge in [-0.25, -0.2) is 9.37 Å². The summed E-state index contributed by atoms with van der Waals surface area (Å²) in [6.07, 6.45) is 0. The van der Waals surface area contributed by atoms with Gasteiger partial charge >= 0.3 is 0 Å². The van der Waals surface area contributed by atoms with Crippen molar-refractivity contribution in [3.63, 3.8) is 0 Å². The van der Waals surface area contributed by atoms with Crippen molar-refractivity contribution in [2.45, 2.75) is 9.37 Å². The molecule has 1 N–H and O–H groups in total. The van der Waals surface area contributed by atoms with E-state index in [0.717, 1.165) is 0 Å². The van der Waals surface area contributed by atoms with Gasteiger partial charge in [0, 0.05) is 5.69 Å². The van der Waals surface area contributed by atoms with Crippen molar-refractivity contribution in [1.82, 2.24) is 15.2 Å². The lowest BCUT2D eigenvalue weighted by atomic mass is 10.3. The monoisotopic (exact) mass is 329 g/mol. The van der Waals surface area contributed by atoms with Gasteiger partial charge in [-0.3, -0.25) is 0 Å². The molecule has 0 aliphatic heterocycles. The maximum atomic E-state index is 13.1. The molecule has 8 heteroatoms. The van der Waals surface area contributed by atoms with Crippen molar-refractivity contribution in [2.24, 2.45) is 0 Å². The minimum atomic E-state index is -0.318. The fourth-order valence-electron chi connectivity index (χ4n) is 1.61. The number of nitriles is 1. The van der Waals surface area contributed by atoms with Crippen molar-refractivity contribution in [1.29, 1.82) is 5.26 Å². The molecule has 0 aliphatic rings. The molecule has 1 aromatic carbocycles. The molecule has 0 fully saturated rings. The molecular formula is C14H8FN5S2. The van der Waals surface area contributed by atoms with E-state index in [9.17, 15) is 4.39 Å². The highest BCUT2D eigenvalue weighted by Crippen LogP contribution is 2.32. The van der Waals surface area contributed by atoms with Crippen LogP contribution in [0.25, 0.3) is 0 Å². The van der Waals surface area contributed by atoms with Gasteiger partial charge in [0.25, 0.3) is 0 Å². The third kappa shape index (κ3) is 3.58. The lowest BCUT2D eigenvalue weighted by Gasteiger charge is -2.00. The molecular weight excluding hydrogens is 321 g/mol. The van der Waals surface area contributed by atoms with E-state index in [4.69, 9.17) is 5.26 Å². The standard InChI is InChI=1S/C14H8FN5S2/c15-9-3-1-4-10(7-9)18-13-19-20-14(22-13)21-12-6-2-5-11(8-16)17-12/h1-7H,(H,18,19). The van der Waals surface area contributed by atoms with E-state index < -0.39 is 0 Å². The van der Waals surface area contributed by atoms with Gasteiger partial charge in [-0.15, -0.1) is 10.2 Å². The van der Waals surface area contributed by atoms with Crippen LogP contribution in [0.15, 0.2) is 51.8 Å². The van der Waals surface area contributed by atoms with Crippen LogP contribution >= 0.6 is 23.1 Å². The molecule has 0 spiro atoms. The Kier molecular flexibility index (Phi) is 4.27. The molecule has 0 amide bonds. The van der Waals surface area contributed by atoms with Crippen LogP contribution in [0, 0.1) is 17.1 Å². The van der Waals surface area contributed by atoms with Gasteiger partial charge < -0.3 is 5.32 Å². The Bertz CT molecular complexity index is 843. The number of pyridine rings is 1. The Morgan fingerprint density at radius 2 is 2.05 bits per heavy atom. The molecule has 108 valence electrons. The highest BCUT2D eigenvalue weighted by Gasteiger charge is 2.08. The van der Waals surface area contributed by atoms with E-state index in [2.05, 4.69) is 20.5 Å². The minimum absolute atomic E-state index is 0.318. The van der Waals surface area contributed by atoms with Gasteiger partial charge in [0.05, 0.1) is 0 Å². The predicted molar refractivity (Wildman–Crippen MR) is 82.7 cm³/mol. The van der Waals surface area contributed by atoms with Gasteiger partial charge in [0.2, 0.25) is 5.13 Å². The molecule has 0 unspecified atom stereocenters. The molecule has 5 nitrogen and oxygen atoms in total. The molecule has 0 bridgehead atoms. The summed E-state index contributed by atoms with van der Waals surface area (Å²) in [6.45, 7) is 0. The van der Waals surface area contributed by atoms with Crippen LogP contribution in [-0.2, 0) is 0 Å². The van der Waals surface area contributed by atoms with Crippen molar-refractivity contribution in [3.8, 4) is 6.07 Å². The first-order valence-electron chi connectivity index (χ1n) is 6.14. The topological polar surface area (TPSA) is 74.5 Å². The Morgan fingerprint density at radius 1 is 1.18 bits per heavy atom. The number of hydrogen-bond donors (Lipinski definition) is 1. The van der Waals surface area contributed by atoms with Gasteiger partial charge in [0.1, 0.15) is 22.6 Å². The molecule has 0 saturated carbocycles. The summed E-state index contributed by atoms with van der Waals surface area (Å²) < 4.78 is 13.8. The molecule has 0 atom stereocenters. The Hall–Kier alpha value is -2.50. The zero-order valence-electron chi connectivity index (χ0n) is 11.0. The summed E-state index contributed by atoms with van der Waals surface area (Å²) in [7, 11) is 0. The lowest BCUT2D eigenvalue weighted by Crippen LogP contribution is -1.89. The molecule has 3 rings (SSSR count). The maximum absolute atomic E-state index is 13.1. The summed E-state index contributed by atoms with van der Waals surface area (Å²) in [4.78, 5) is 4.16. The molecule has 0 saturated heterocycles. The largest absolute Gasteiger partial charge is 0.330 e. The highest BCUT2D eigenvalue weighted by atomic mass is 32.2. The second-order valence-corrected chi connectivity index (χ2v) is 6.33. The van der Waals surface area contributed by atoms with Crippen LogP contribution in [0.4, 0.5) is 15.2 Å². The second-order valence-electron chi connectivity index (χ2n) is 4.08. The van der Waals surface area contributed by atoms with Crippen molar-refractivity contribution in [3.05, 3.63) is 54.0 Å². The Labute approximate surface area is 133 Å². The number of benzene rings is 1. The normalized spacial score (nSPS) is 10.2. The third-order valence-corrected chi connectivity index (χ3v) is 4.34. The van der Waals surface area contributed by atoms with E-state index in [-0.39, 0.29) is 5.82 Å². The van der Waals surface area contributed by atoms with Crippen molar-refractivity contribution < 1.29 is 4.39 Å². The molecule has 0 aliphatic carbocycles. The SMILES string of the molecule is N#Cc1cccc(Sc2nnc(Nc3cccc(F)c3)s2)n1. The third-order valence-electron chi connectivity index (χ3n) is 2.51. The Morgan fingerprint density at radius 3 is 2.86 bits per heavy atom. The fraction of sp³-hybridized carbons (Fsp3) is 0. The minimum Gasteiger partial charge on any atom is -0.330 e. The molecule has 0 radical (unpaired) electrons. The zero-order valence-corrected chi connectivity index (χ0v) is 12.7. The van der Waals surface area contributed by atoms with Gasteiger partial charge in [0.15, 0.2) is 4.34 Å². The summed E-state index contributed by atoms with van der Waals surface area (Å²) in [5.41, 5.74) is 0.963. The fourth-order valence-corrected chi connectivity index (χ4v) is 3.32. The Balaban J connectivity index is 1.72. The smallest absolute Gasteiger partial charge is 0.210 e. The van der Waals surface area contributed by atoms with E-state index >= 15 is 0 Å². The molecule has 3 aromatic rings. The summed E-state index contributed by atoms with van der Waals surface area (Å²) in [6, 6.07) is 13.3. The molecule has 2 aromatic heterocycles. The molecule has 22 heavy (non-hydrogen) atoms. The number of rotatable bonds is 4.